The van der Waals surface area contributed by atoms with Crippen LogP contribution in [-0.2, 0) is 17.4 Å². The zero-order valence-electron chi connectivity index (χ0n) is 11.4. The highest BCUT2D eigenvalue weighted by Crippen LogP contribution is 2.30. The van der Waals surface area contributed by atoms with E-state index in [-0.39, 0.29) is 23.7 Å². The summed E-state index contributed by atoms with van der Waals surface area (Å²) in [6.07, 6.45) is -3.44. The van der Waals surface area contributed by atoms with Crippen LogP contribution in [0.2, 0.25) is 0 Å². The summed E-state index contributed by atoms with van der Waals surface area (Å²) in [6.45, 7) is 0. The summed E-state index contributed by atoms with van der Waals surface area (Å²) in [5, 5.41) is 8.76. The summed E-state index contributed by atoms with van der Waals surface area (Å²) in [6, 6.07) is 4.34. The number of aromatic nitrogens is 2. The van der Waals surface area contributed by atoms with E-state index in [4.69, 9.17) is 9.84 Å². The normalized spacial score (nSPS) is 11.3. The molecule has 0 saturated carbocycles. The minimum absolute atomic E-state index is 0.0762. The van der Waals surface area contributed by atoms with Crippen molar-refractivity contribution in [3.63, 3.8) is 0 Å². The maximum absolute atomic E-state index is 12.5. The lowest BCUT2D eigenvalue weighted by Crippen LogP contribution is -2.06. The average Bonchev–Trinajstić information content (AvgIpc) is 2.46. The van der Waals surface area contributed by atoms with Crippen LogP contribution in [-0.4, -0.2) is 28.2 Å². The fraction of sp³-hybridized carbons (Fsp3) is 0.214. The third-order valence-corrected chi connectivity index (χ3v) is 2.83. The predicted molar refractivity (Wildman–Crippen MR) is 70.4 cm³/mol. The van der Waals surface area contributed by atoms with Gasteiger partial charge < -0.3 is 9.84 Å². The maximum Gasteiger partial charge on any atom is 0.416 e. The molecule has 1 aromatic carbocycles. The first-order chi connectivity index (χ1) is 10.3. The van der Waals surface area contributed by atoms with Crippen LogP contribution in [0, 0.1) is 0 Å². The topological polar surface area (TPSA) is 72.3 Å². The number of ether oxygens (including phenoxy) is 1. The van der Waals surface area contributed by atoms with Crippen LogP contribution in [0.15, 0.2) is 30.5 Å². The van der Waals surface area contributed by atoms with Crippen LogP contribution in [0.25, 0.3) is 11.4 Å². The van der Waals surface area contributed by atoms with Gasteiger partial charge in [-0.3, -0.25) is 4.79 Å². The summed E-state index contributed by atoms with van der Waals surface area (Å²) in [4.78, 5) is 18.7. The molecule has 0 aliphatic carbocycles. The number of carboxylic acid groups (broad SMARTS) is 1. The smallest absolute Gasteiger partial charge is 0.416 e. The van der Waals surface area contributed by atoms with E-state index in [1.807, 2.05) is 0 Å². The highest BCUT2D eigenvalue weighted by atomic mass is 19.4. The van der Waals surface area contributed by atoms with Gasteiger partial charge in [0.05, 0.1) is 19.1 Å². The van der Waals surface area contributed by atoms with Gasteiger partial charge in [-0.2, -0.15) is 18.2 Å². The van der Waals surface area contributed by atoms with E-state index < -0.39 is 17.7 Å². The molecule has 1 N–H and O–H groups in total. The van der Waals surface area contributed by atoms with Gasteiger partial charge in [0, 0.05) is 17.3 Å². The number of halogens is 3. The SMILES string of the molecule is COc1nc(-c2ccc(C(F)(F)F)cc2)ncc1CC(=O)O. The van der Waals surface area contributed by atoms with E-state index in [1.54, 1.807) is 0 Å². The zero-order chi connectivity index (χ0) is 16.3. The fourth-order valence-electron chi connectivity index (χ4n) is 1.80. The number of methoxy groups -OCH3 is 1. The van der Waals surface area contributed by atoms with Gasteiger partial charge in [-0.25, -0.2) is 4.98 Å². The Balaban J connectivity index is 2.35. The predicted octanol–water partition coefficient (Wildman–Crippen LogP) is 2.80. The van der Waals surface area contributed by atoms with Crippen molar-refractivity contribution in [1.82, 2.24) is 9.97 Å². The highest BCUT2D eigenvalue weighted by Gasteiger charge is 2.30. The largest absolute Gasteiger partial charge is 0.481 e. The van der Waals surface area contributed by atoms with Crippen molar-refractivity contribution in [3.8, 4) is 17.3 Å². The number of carbonyl (C=O) groups is 1. The molecule has 0 atom stereocenters. The van der Waals surface area contributed by atoms with E-state index in [1.165, 1.54) is 25.4 Å². The number of hydrogen-bond acceptors (Lipinski definition) is 4. The van der Waals surface area contributed by atoms with Crippen molar-refractivity contribution < 1.29 is 27.8 Å². The molecule has 0 aliphatic heterocycles. The number of benzene rings is 1. The molecule has 2 aromatic rings. The van der Waals surface area contributed by atoms with E-state index in [9.17, 15) is 18.0 Å². The van der Waals surface area contributed by atoms with Gasteiger partial charge in [-0.15, -0.1) is 0 Å². The Morgan fingerprint density at radius 1 is 1.27 bits per heavy atom. The minimum atomic E-state index is -4.41. The van der Waals surface area contributed by atoms with Gasteiger partial charge in [-0.05, 0) is 12.1 Å². The Morgan fingerprint density at radius 3 is 2.41 bits per heavy atom. The first-order valence-corrected chi connectivity index (χ1v) is 6.10. The Labute approximate surface area is 123 Å². The Bertz CT molecular complexity index is 685. The number of nitrogens with zero attached hydrogens (tertiary/aromatic N) is 2. The molecule has 0 unspecified atom stereocenters. The fourth-order valence-corrected chi connectivity index (χ4v) is 1.80. The molecule has 0 spiro atoms. The van der Waals surface area contributed by atoms with Gasteiger partial charge in [0.1, 0.15) is 0 Å². The number of rotatable bonds is 4. The van der Waals surface area contributed by atoms with Crippen molar-refractivity contribution in [2.75, 3.05) is 7.11 Å². The standard InChI is InChI=1S/C14H11F3N2O3/c1-22-13-9(6-11(20)21)7-18-12(19-13)8-2-4-10(5-3-8)14(15,16)17/h2-5,7H,6H2,1H3,(H,20,21). The molecule has 1 heterocycles. The van der Waals surface area contributed by atoms with Crippen LogP contribution < -0.4 is 4.74 Å². The summed E-state index contributed by atoms with van der Waals surface area (Å²) >= 11 is 0. The van der Waals surface area contributed by atoms with E-state index in [0.29, 0.717) is 5.56 Å². The number of carboxylic acids is 1. The van der Waals surface area contributed by atoms with Crippen LogP contribution in [0.1, 0.15) is 11.1 Å². The lowest BCUT2D eigenvalue weighted by atomic mass is 10.1. The van der Waals surface area contributed by atoms with Crippen LogP contribution in [0.5, 0.6) is 5.88 Å². The van der Waals surface area contributed by atoms with Crippen molar-refractivity contribution in [2.24, 2.45) is 0 Å². The van der Waals surface area contributed by atoms with Crippen molar-refractivity contribution in [2.45, 2.75) is 12.6 Å². The van der Waals surface area contributed by atoms with Crippen LogP contribution in [0.3, 0.4) is 0 Å². The molecule has 1 aromatic heterocycles. The summed E-state index contributed by atoms with van der Waals surface area (Å²) in [7, 11) is 1.32. The molecule has 2 rings (SSSR count). The molecule has 0 saturated heterocycles. The minimum Gasteiger partial charge on any atom is -0.481 e. The quantitative estimate of drug-likeness (QED) is 0.940. The molecular weight excluding hydrogens is 301 g/mol. The second kappa shape index (κ2) is 6.00. The van der Waals surface area contributed by atoms with E-state index in [2.05, 4.69) is 9.97 Å². The molecule has 0 amide bonds. The molecule has 0 aliphatic rings. The first kappa shape index (κ1) is 15.7. The molecule has 0 fully saturated rings. The van der Waals surface area contributed by atoms with Gasteiger partial charge >= 0.3 is 12.1 Å². The second-order valence-corrected chi connectivity index (χ2v) is 4.37. The Morgan fingerprint density at radius 2 is 1.91 bits per heavy atom. The molecule has 116 valence electrons. The molecule has 22 heavy (non-hydrogen) atoms. The molecule has 5 nitrogen and oxygen atoms in total. The number of aliphatic carboxylic acids is 1. The van der Waals surface area contributed by atoms with Gasteiger partial charge in [-0.1, -0.05) is 12.1 Å². The second-order valence-electron chi connectivity index (χ2n) is 4.37. The van der Waals surface area contributed by atoms with E-state index in [0.717, 1.165) is 12.1 Å². The van der Waals surface area contributed by atoms with Crippen molar-refractivity contribution in [1.29, 1.82) is 0 Å². The average molecular weight is 312 g/mol. The lowest BCUT2D eigenvalue weighted by Gasteiger charge is -2.09. The third-order valence-electron chi connectivity index (χ3n) is 2.83. The van der Waals surface area contributed by atoms with Crippen LogP contribution in [0.4, 0.5) is 13.2 Å². The van der Waals surface area contributed by atoms with Crippen molar-refractivity contribution >= 4 is 5.97 Å². The molecule has 0 bridgehead atoms. The monoisotopic (exact) mass is 312 g/mol. The zero-order valence-corrected chi connectivity index (χ0v) is 11.4. The van der Waals surface area contributed by atoms with Crippen molar-refractivity contribution in [3.05, 3.63) is 41.6 Å². The number of alkyl halides is 3. The van der Waals surface area contributed by atoms with Gasteiger partial charge in [0.25, 0.3) is 0 Å². The molecule has 0 radical (unpaired) electrons. The number of hydrogen-bond donors (Lipinski definition) is 1. The maximum atomic E-state index is 12.5. The molecule has 8 heteroatoms. The Kier molecular flexibility index (Phi) is 4.30. The molecular formula is C14H11F3N2O3. The van der Waals surface area contributed by atoms with Gasteiger partial charge in [0.15, 0.2) is 5.82 Å². The van der Waals surface area contributed by atoms with E-state index >= 15 is 0 Å². The summed E-state index contributed by atoms with van der Waals surface area (Å²) < 4.78 is 42.5. The first-order valence-electron chi connectivity index (χ1n) is 6.10. The lowest BCUT2D eigenvalue weighted by molar-refractivity contribution is -0.138. The van der Waals surface area contributed by atoms with Crippen LogP contribution >= 0.6 is 0 Å². The Hall–Kier alpha value is -2.64. The van der Waals surface area contributed by atoms with Gasteiger partial charge in [0.2, 0.25) is 5.88 Å². The highest BCUT2D eigenvalue weighted by molar-refractivity contribution is 5.71. The third kappa shape index (κ3) is 3.51. The summed E-state index contributed by atoms with van der Waals surface area (Å²) in [5.41, 5.74) is -0.121. The summed E-state index contributed by atoms with van der Waals surface area (Å²) in [5.74, 6) is -0.837.